The molecule has 23 heavy (non-hydrogen) atoms. The van der Waals surface area contributed by atoms with E-state index in [1.165, 1.54) is 0 Å². The quantitative estimate of drug-likeness (QED) is 0.874. The highest BCUT2D eigenvalue weighted by molar-refractivity contribution is 5.94. The fraction of sp³-hybridized carbons (Fsp3) is 0.588. The number of carbonyl (C=O) groups excluding carboxylic acids is 1. The molecule has 4 aliphatic rings. The van der Waals surface area contributed by atoms with E-state index < -0.39 is 0 Å². The molecule has 0 aliphatic carbocycles. The van der Waals surface area contributed by atoms with Crippen LogP contribution in [0.3, 0.4) is 0 Å². The highest BCUT2D eigenvalue weighted by atomic mass is 16.7. The minimum absolute atomic E-state index is 0.0255. The summed E-state index contributed by atoms with van der Waals surface area (Å²) in [6.07, 6.45) is -0.337. The van der Waals surface area contributed by atoms with Crippen LogP contribution < -0.4 is 5.32 Å². The molecule has 5 rings (SSSR count). The number of rotatable bonds is 4. The molecular formula is C17H23N3O3. The topological polar surface area (TPSA) is 54.0 Å². The van der Waals surface area contributed by atoms with Crippen LogP contribution in [-0.2, 0) is 9.47 Å². The summed E-state index contributed by atoms with van der Waals surface area (Å²) in [5.41, 5.74) is 1.57. The van der Waals surface area contributed by atoms with Gasteiger partial charge in [0, 0.05) is 56.4 Å². The lowest BCUT2D eigenvalue weighted by Crippen LogP contribution is -2.63. The Labute approximate surface area is 136 Å². The average molecular weight is 317 g/mol. The predicted molar refractivity (Wildman–Crippen MR) is 85.2 cm³/mol. The SMILES string of the molecule is O=C(NCC1CN2CCN1CC2)c1cccc(C2OCCO2)c1. The Morgan fingerprint density at radius 3 is 2.65 bits per heavy atom. The Bertz CT molecular complexity index is 566. The summed E-state index contributed by atoms with van der Waals surface area (Å²) in [6, 6.07) is 7.96. The van der Waals surface area contributed by atoms with Crippen molar-refractivity contribution in [3.8, 4) is 0 Å². The van der Waals surface area contributed by atoms with Crippen molar-refractivity contribution < 1.29 is 14.3 Å². The second-order valence-electron chi connectivity index (χ2n) is 6.40. The molecule has 0 saturated carbocycles. The van der Waals surface area contributed by atoms with Gasteiger partial charge in [-0.05, 0) is 12.1 Å². The van der Waals surface area contributed by atoms with Crippen LogP contribution in [0.25, 0.3) is 0 Å². The van der Waals surface area contributed by atoms with E-state index in [0.717, 1.165) is 38.3 Å². The van der Waals surface area contributed by atoms with Crippen LogP contribution in [0.2, 0.25) is 0 Å². The molecule has 4 heterocycles. The van der Waals surface area contributed by atoms with Gasteiger partial charge in [0.15, 0.2) is 6.29 Å². The summed E-state index contributed by atoms with van der Waals surface area (Å²) in [6.45, 7) is 7.53. The van der Waals surface area contributed by atoms with Gasteiger partial charge < -0.3 is 14.8 Å². The van der Waals surface area contributed by atoms with E-state index in [-0.39, 0.29) is 12.2 Å². The van der Waals surface area contributed by atoms with Gasteiger partial charge in [0.25, 0.3) is 5.91 Å². The first-order valence-electron chi connectivity index (χ1n) is 8.37. The maximum Gasteiger partial charge on any atom is 0.251 e. The third-order valence-corrected chi connectivity index (χ3v) is 4.93. The molecule has 4 saturated heterocycles. The first kappa shape index (κ1) is 15.1. The zero-order valence-electron chi connectivity index (χ0n) is 13.2. The van der Waals surface area contributed by atoms with Crippen molar-refractivity contribution in [3.05, 3.63) is 35.4 Å². The van der Waals surface area contributed by atoms with E-state index in [0.29, 0.717) is 31.4 Å². The van der Waals surface area contributed by atoms with Crippen molar-refractivity contribution in [2.75, 3.05) is 52.5 Å². The minimum Gasteiger partial charge on any atom is -0.350 e. The van der Waals surface area contributed by atoms with Crippen LogP contribution in [0.15, 0.2) is 24.3 Å². The number of hydrogen-bond acceptors (Lipinski definition) is 5. The van der Waals surface area contributed by atoms with E-state index in [1.807, 2.05) is 24.3 Å². The monoisotopic (exact) mass is 317 g/mol. The van der Waals surface area contributed by atoms with Crippen molar-refractivity contribution in [3.63, 3.8) is 0 Å². The molecule has 1 amide bonds. The van der Waals surface area contributed by atoms with Crippen LogP contribution in [-0.4, -0.2) is 74.2 Å². The molecule has 1 unspecified atom stereocenters. The molecule has 1 aromatic carbocycles. The van der Waals surface area contributed by atoms with Crippen LogP contribution >= 0.6 is 0 Å². The number of nitrogens with one attached hydrogen (secondary N) is 1. The summed E-state index contributed by atoms with van der Waals surface area (Å²) in [4.78, 5) is 17.4. The number of benzene rings is 1. The zero-order chi connectivity index (χ0) is 15.6. The third-order valence-electron chi connectivity index (χ3n) is 4.93. The smallest absolute Gasteiger partial charge is 0.251 e. The minimum atomic E-state index is -0.337. The van der Waals surface area contributed by atoms with Crippen molar-refractivity contribution in [2.24, 2.45) is 0 Å². The number of nitrogens with zero attached hydrogens (tertiary/aromatic N) is 2. The Morgan fingerprint density at radius 2 is 1.96 bits per heavy atom. The molecule has 6 nitrogen and oxygen atoms in total. The van der Waals surface area contributed by atoms with Crippen LogP contribution in [0.4, 0.5) is 0 Å². The zero-order valence-corrected chi connectivity index (χ0v) is 13.2. The van der Waals surface area contributed by atoms with Crippen molar-refractivity contribution in [1.29, 1.82) is 0 Å². The third kappa shape index (κ3) is 3.26. The number of amides is 1. The number of ether oxygens (including phenoxy) is 2. The molecule has 6 heteroatoms. The van der Waals surface area contributed by atoms with E-state index in [9.17, 15) is 4.79 Å². The number of fused-ring (bicyclic) bond motifs is 3. The molecule has 0 spiro atoms. The summed E-state index contributed by atoms with van der Waals surface area (Å²) in [5, 5.41) is 3.08. The summed E-state index contributed by atoms with van der Waals surface area (Å²) < 4.78 is 11.0. The predicted octanol–water partition coefficient (Wildman–Crippen LogP) is 0.462. The largest absolute Gasteiger partial charge is 0.350 e. The van der Waals surface area contributed by atoms with Gasteiger partial charge in [-0.2, -0.15) is 0 Å². The van der Waals surface area contributed by atoms with E-state index >= 15 is 0 Å². The second-order valence-corrected chi connectivity index (χ2v) is 6.40. The molecule has 1 N–H and O–H groups in total. The van der Waals surface area contributed by atoms with Crippen molar-refractivity contribution >= 4 is 5.91 Å². The van der Waals surface area contributed by atoms with Gasteiger partial charge in [-0.15, -0.1) is 0 Å². The molecule has 4 fully saturated rings. The maximum absolute atomic E-state index is 12.4. The number of carbonyl (C=O) groups is 1. The van der Waals surface area contributed by atoms with E-state index in [4.69, 9.17) is 9.47 Å². The summed E-state index contributed by atoms with van der Waals surface area (Å²) in [5.74, 6) is -0.0255. The number of hydrogen-bond donors (Lipinski definition) is 1. The highest BCUT2D eigenvalue weighted by Gasteiger charge is 2.31. The molecule has 4 aliphatic heterocycles. The highest BCUT2D eigenvalue weighted by Crippen LogP contribution is 2.23. The molecule has 1 aromatic rings. The normalized spacial score (nSPS) is 30.5. The van der Waals surface area contributed by atoms with Gasteiger partial charge in [-0.1, -0.05) is 12.1 Å². The molecule has 1 atom stereocenters. The van der Waals surface area contributed by atoms with Gasteiger partial charge in [-0.3, -0.25) is 14.6 Å². The Hall–Kier alpha value is -1.47. The summed E-state index contributed by atoms with van der Waals surface area (Å²) >= 11 is 0. The lowest BCUT2D eigenvalue weighted by Gasteiger charge is -2.47. The molecule has 2 bridgehead atoms. The van der Waals surface area contributed by atoms with Crippen LogP contribution in [0, 0.1) is 0 Å². The first-order valence-corrected chi connectivity index (χ1v) is 8.37. The van der Waals surface area contributed by atoms with Gasteiger partial charge in [0.2, 0.25) is 0 Å². The Balaban J connectivity index is 1.36. The summed E-state index contributed by atoms with van der Waals surface area (Å²) in [7, 11) is 0. The van der Waals surface area contributed by atoms with Gasteiger partial charge in [0.05, 0.1) is 13.2 Å². The van der Waals surface area contributed by atoms with Gasteiger partial charge in [-0.25, -0.2) is 0 Å². The van der Waals surface area contributed by atoms with Crippen molar-refractivity contribution in [1.82, 2.24) is 15.1 Å². The van der Waals surface area contributed by atoms with Gasteiger partial charge >= 0.3 is 0 Å². The van der Waals surface area contributed by atoms with Crippen molar-refractivity contribution in [2.45, 2.75) is 12.3 Å². The molecular weight excluding hydrogens is 294 g/mol. The molecule has 0 aromatic heterocycles. The lowest BCUT2D eigenvalue weighted by atomic mass is 10.1. The second kappa shape index (κ2) is 6.57. The Morgan fingerprint density at radius 1 is 1.17 bits per heavy atom. The van der Waals surface area contributed by atoms with Gasteiger partial charge in [0.1, 0.15) is 0 Å². The fourth-order valence-corrected chi connectivity index (χ4v) is 3.61. The standard InChI is InChI=1S/C17H23N3O3/c21-16(18-11-15-12-19-4-6-20(15)7-5-19)13-2-1-3-14(10-13)17-22-8-9-23-17/h1-3,10,15,17H,4-9,11-12H2,(H,18,21). The fourth-order valence-electron chi connectivity index (χ4n) is 3.61. The Kier molecular flexibility index (Phi) is 4.31. The van der Waals surface area contributed by atoms with E-state index in [1.54, 1.807) is 0 Å². The number of piperazine rings is 3. The van der Waals surface area contributed by atoms with Crippen LogP contribution in [0.1, 0.15) is 22.2 Å². The average Bonchev–Trinajstić information content (AvgIpc) is 3.15. The molecule has 124 valence electrons. The molecule has 0 radical (unpaired) electrons. The first-order chi connectivity index (χ1) is 11.3. The lowest BCUT2D eigenvalue weighted by molar-refractivity contribution is -0.0441. The van der Waals surface area contributed by atoms with E-state index in [2.05, 4.69) is 15.1 Å². The van der Waals surface area contributed by atoms with Crippen LogP contribution in [0.5, 0.6) is 0 Å². The maximum atomic E-state index is 12.4.